The zero-order chi connectivity index (χ0) is 61.5. The van der Waals surface area contributed by atoms with E-state index in [4.69, 9.17) is 30.4 Å². The van der Waals surface area contributed by atoms with Gasteiger partial charge in [-0.05, 0) is 117 Å². The zero-order valence-electron chi connectivity index (χ0n) is 49.8. The van der Waals surface area contributed by atoms with E-state index in [1.54, 1.807) is 76.7 Å². The number of Topliss-reactive ketones (excluding diaryl/α,β-unsaturated/α-hetero) is 1. The van der Waals surface area contributed by atoms with Gasteiger partial charge in [0.2, 0.25) is 17.6 Å². The quantitative estimate of drug-likeness (QED) is 0.0134. The Bertz CT molecular complexity index is 3090. The third kappa shape index (κ3) is 19.7. The van der Waals surface area contributed by atoms with Crippen molar-refractivity contribution >= 4 is 70.0 Å². The Labute approximate surface area is 496 Å². The lowest BCUT2D eigenvalue weighted by Gasteiger charge is -2.36. The van der Waals surface area contributed by atoms with E-state index in [9.17, 15) is 38.7 Å². The van der Waals surface area contributed by atoms with E-state index >= 15 is 0 Å². The molecule has 1 saturated heterocycles. The van der Waals surface area contributed by atoms with Gasteiger partial charge in [-0.3, -0.25) is 24.0 Å². The first-order valence-electron chi connectivity index (χ1n) is 29.2. The molecule has 6 rings (SSSR count). The highest BCUT2D eigenvalue weighted by Crippen LogP contribution is 2.33. The minimum absolute atomic E-state index is 0.00521. The maximum atomic E-state index is 14.1. The lowest BCUT2D eigenvalue weighted by molar-refractivity contribution is -0.164. The number of ketones is 1. The Morgan fingerprint density at radius 1 is 0.812 bits per heavy atom. The summed E-state index contributed by atoms with van der Waals surface area (Å²) in [5.74, 6) is -2.44. The number of amides is 4. The second-order valence-electron chi connectivity index (χ2n) is 21.9. The van der Waals surface area contributed by atoms with Crippen molar-refractivity contribution in [2.75, 3.05) is 63.9 Å². The largest absolute Gasteiger partial charge is 0.493 e. The molecule has 458 valence electrons. The number of anilines is 3. The molecular formula is C62H83N11O12. The van der Waals surface area contributed by atoms with Crippen LogP contribution in [-0.4, -0.2) is 131 Å². The number of ether oxygens (including phenoxy) is 4. The standard InChI is InChI=1S/C62H83N11O12/c1-7-62(2,3)54(76)58(78)73-34-17-14-21-47(73)60(81)85-48(29-22-40-23-30-49(82-5)50(35-40)83-6)42-19-18-20-45(36-42)84-39-52(75)66-33-16-13-11-9-8-10-12-15-32-65-51(74)31-28-46(59(79)80)69-57(77)41-24-26-44(27-25-41)72(4)38-43-37-67-56-53(68-43)55(63)70-61(64)71-56/h18-20,23-27,30,35-37,46-48H,7-17,21-22,28-29,31-34,38-39H2,1-6H3,(H,65,74)(H,66,75)(H,69,77)(H,79,80)(H4,63,64,67,70,71)/t46-,47-,48+/m0/s1. The summed E-state index contributed by atoms with van der Waals surface area (Å²) in [6, 6.07) is 17.1. The van der Waals surface area contributed by atoms with E-state index in [-0.39, 0.29) is 60.8 Å². The van der Waals surface area contributed by atoms with Crippen molar-refractivity contribution in [3.63, 3.8) is 0 Å². The number of aromatic nitrogens is 4. The molecule has 0 aliphatic carbocycles. The molecule has 3 atom stereocenters. The molecule has 0 unspecified atom stereocenters. The van der Waals surface area contributed by atoms with E-state index in [1.807, 2.05) is 43.1 Å². The number of aryl methyl sites for hydroxylation is 1. The van der Waals surface area contributed by atoms with Gasteiger partial charge in [-0.1, -0.05) is 77.5 Å². The fraction of sp³-hybridized carbons (Fsp3) is 0.500. The van der Waals surface area contributed by atoms with Gasteiger partial charge in [-0.2, -0.15) is 9.97 Å². The van der Waals surface area contributed by atoms with E-state index in [2.05, 4.69) is 35.9 Å². The third-order valence-corrected chi connectivity index (χ3v) is 15.2. The minimum atomic E-state index is -1.25. The molecule has 23 heteroatoms. The number of unbranched alkanes of at least 4 members (excludes halogenated alkanes) is 7. The van der Waals surface area contributed by atoms with Gasteiger partial charge < -0.3 is 61.3 Å². The maximum Gasteiger partial charge on any atom is 0.329 e. The number of piperidine rings is 1. The van der Waals surface area contributed by atoms with Crippen LogP contribution < -0.4 is 46.5 Å². The van der Waals surface area contributed by atoms with Gasteiger partial charge in [0.25, 0.3) is 17.7 Å². The van der Waals surface area contributed by atoms with Crippen LogP contribution >= 0.6 is 0 Å². The second kappa shape index (κ2) is 32.4. The minimum Gasteiger partial charge on any atom is -0.493 e. The molecule has 4 amide bonds. The number of aliphatic carboxylic acids is 1. The van der Waals surface area contributed by atoms with Crippen molar-refractivity contribution in [3.8, 4) is 17.2 Å². The summed E-state index contributed by atoms with van der Waals surface area (Å²) in [7, 11) is 4.96. The van der Waals surface area contributed by atoms with Gasteiger partial charge in [0.15, 0.2) is 35.1 Å². The number of nitrogen functional groups attached to an aromatic ring is 2. The van der Waals surface area contributed by atoms with Crippen LogP contribution in [0.25, 0.3) is 11.2 Å². The van der Waals surface area contributed by atoms with Crippen molar-refractivity contribution in [2.45, 2.75) is 148 Å². The number of hydrogen-bond donors (Lipinski definition) is 6. The van der Waals surface area contributed by atoms with Crippen LogP contribution in [0, 0.1) is 5.41 Å². The molecule has 5 aromatic rings. The van der Waals surface area contributed by atoms with Gasteiger partial charge in [0.05, 0.1) is 32.7 Å². The van der Waals surface area contributed by atoms with Gasteiger partial charge in [0.1, 0.15) is 23.9 Å². The van der Waals surface area contributed by atoms with Gasteiger partial charge in [0, 0.05) is 49.8 Å². The number of carboxylic acid groups (broad SMARTS) is 1. The number of esters is 1. The topological polar surface area (TPSA) is 323 Å². The first-order valence-corrected chi connectivity index (χ1v) is 29.2. The zero-order valence-corrected chi connectivity index (χ0v) is 49.8. The smallest absolute Gasteiger partial charge is 0.329 e. The Balaban J connectivity index is 0.843. The monoisotopic (exact) mass is 1170 g/mol. The fourth-order valence-electron chi connectivity index (χ4n) is 9.74. The molecule has 85 heavy (non-hydrogen) atoms. The summed E-state index contributed by atoms with van der Waals surface area (Å²) in [4.78, 5) is 111. The molecule has 2 aromatic heterocycles. The number of rotatable bonds is 34. The molecule has 0 spiro atoms. The molecule has 3 heterocycles. The Hall–Kier alpha value is -8.63. The SMILES string of the molecule is CCC(C)(C)C(=O)C(=O)N1CCCC[C@H]1C(=O)O[C@H](CCc1ccc(OC)c(OC)c1)c1cccc(OCC(=O)NCCCCCCCCCCNC(=O)CC[C@H](NC(=O)c2ccc(N(C)Cc3cnc4nc(N)nc(N)c4n3)cc2)C(=O)O)c1. The van der Waals surface area contributed by atoms with Crippen molar-refractivity contribution in [1.29, 1.82) is 0 Å². The first kappa shape index (κ1) is 65.5. The molecule has 0 radical (unpaired) electrons. The first-order chi connectivity index (χ1) is 40.8. The number of benzene rings is 3. The van der Waals surface area contributed by atoms with Crippen LogP contribution in [0.1, 0.15) is 150 Å². The highest BCUT2D eigenvalue weighted by atomic mass is 16.5. The summed E-state index contributed by atoms with van der Waals surface area (Å²) < 4.78 is 23.1. The summed E-state index contributed by atoms with van der Waals surface area (Å²) in [5, 5.41) is 18.1. The molecule has 8 N–H and O–H groups in total. The molecule has 0 saturated carbocycles. The van der Waals surface area contributed by atoms with Crippen LogP contribution in [0.4, 0.5) is 17.5 Å². The number of carboxylic acids is 1. The molecule has 1 fully saturated rings. The average Bonchev–Trinajstić information content (AvgIpc) is 3.52. The van der Waals surface area contributed by atoms with Crippen LogP contribution in [0.5, 0.6) is 17.2 Å². The van der Waals surface area contributed by atoms with E-state index in [0.717, 1.165) is 62.6 Å². The van der Waals surface area contributed by atoms with Crippen molar-refractivity contribution in [1.82, 2.24) is 40.8 Å². The van der Waals surface area contributed by atoms with Gasteiger partial charge in [-0.15, -0.1) is 0 Å². The average molecular weight is 1170 g/mol. The van der Waals surface area contributed by atoms with Gasteiger partial charge in [-0.25, -0.2) is 19.6 Å². The molecule has 3 aromatic carbocycles. The number of hydrogen-bond acceptors (Lipinski definition) is 18. The number of nitrogens with zero attached hydrogens (tertiary/aromatic N) is 6. The Kier molecular flexibility index (Phi) is 25.0. The Morgan fingerprint density at radius 3 is 2.16 bits per heavy atom. The summed E-state index contributed by atoms with van der Waals surface area (Å²) in [6.45, 7) is 6.72. The van der Waals surface area contributed by atoms with E-state index < -0.39 is 53.1 Å². The van der Waals surface area contributed by atoms with Crippen LogP contribution in [0.2, 0.25) is 0 Å². The number of nitrogens with two attached hydrogens (primary N) is 2. The summed E-state index contributed by atoms with van der Waals surface area (Å²) in [5.41, 5.74) is 14.6. The molecule has 23 nitrogen and oxygen atoms in total. The molecular weight excluding hydrogens is 1090 g/mol. The summed E-state index contributed by atoms with van der Waals surface area (Å²) in [6.07, 6.45) is 11.3. The predicted molar refractivity (Wildman–Crippen MR) is 321 cm³/mol. The van der Waals surface area contributed by atoms with Crippen molar-refractivity contribution in [3.05, 3.63) is 95.3 Å². The van der Waals surface area contributed by atoms with Crippen molar-refractivity contribution in [2.24, 2.45) is 5.41 Å². The fourth-order valence-corrected chi connectivity index (χ4v) is 9.74. The summed E-state index contributed by atoms with van der Waals surface area (Å²) >= 11 is 0. The molecule has 0 bridgehead atoms. The van der Waals surface area contributed by atoms with E-state index in [1.165, 1.54) is 4.90 Å². The molecule has 1 aliphatic heterocycles. The van der Waals surface area contributed by atoms with Crippen LogP contribution in [0.15, 0.2) is 72.9 Å². The van der Waals surface area contributed by atoms with E-state index in [0.29, 0.717) is 92.2 Å². The maximum absolute atomic E-state index is 14.1. The number of carbonyl (C=O) groups is 7. The Morgan fingerprint density at radius 2 is 1.49 bits per heavy atom. The lowest BCUT2D eigenvalue weighted by atomic mass is 9.84. The highest BCUT2D eigenvalue weighted by Gasteiger charge is 2.41. The molecule has 1 aliphatic rings. The number of fused-ring (bicyclic) bond motifs is 1. The normalized spacial score (nSPS) is 13.9. The number of carbonyl (C=O) groups excluding carboxylic acids is 6. The number of likely N-dealkylation sites (tertiary alicyclic amines) is 1. The number of nitrogens with one attached hydrogen (secondary N) is 3. The van der Waals surface area contributed by atoms with Crippen LogP contribution in [0.3, 0.4) is 0 Å². The predicted octanol–water partition coefficient (Wildman–Crippen LogP) is 7.24. The highest BCUT2D eigenvalue weighted by molar-refractivity contribution is 6.38. The second-order valence-corrected chi connectivity index (χ2v) is 21.9. The third-order valence-electron chi connectivity index (χ3n) is 15.2. The van der Waals surface area contributed by atoms with Crippen LogP contribution in [-0.2, 0) is 46.5 Å². The number of methoxy groups -OCH3 is 2. The van der Waals surface area contributed by atoms with Gasteiger partial charge >= 0.3 is 11.9 Å². The van der Waals surface area contributed by atoms with Crippen molar-refractivity contribution < 1.29 is 57.6 Å². The lowest BCUT2D eigenvalue weighted by Crippen LogP contribution is -2.53.